The number of aryl methyl sites for hydroxylation is 1. The largest absolute Gasteiger partial charge is 0.444 e. The van der Waals surface area contributed by atoms with E-state index in [0.717, 1.165) is 16.3 Å². The number of morpholine rings is 1. The number of ether oxygens (including phenoxy) is 2. The summed E-state index contributed by atoms with van der Waals surface area (Å²) < 4.78 is 13.3. The zero-order chi connectivity index (χ0) is 22.1. The summed E-state index contributed by atoms with van der Waals surface area (Å²) in [6.45, 7) is 8.74. The van der Waals surface area contributed by atoms with Crippen LogP contribution < -0.4 is 0 Å². The van der Waals surface area contributed by atoms with Gasteiger partial charge in [0.25, 0.3) is 5.91 Å². The first kappa shape index (κ1) is 22.0. The van der Waals surface area contributed by atoms with Crippen molar-refractivity contribution in [3.8, 4) is 0 Å². The predicted molar refractivity (Wildman–Crippen MR) is 110 cm³/mol. The van der Waals surface area contributed by atoms with Crippen molar-refractivity contribution in [2.75, 3.05) is 33.9 Å². The number of aromatic nitrogens is 2. The van der Waals surface area contributed by atoms with Crippen molar-refractivity contribution in [2.45, 2.75) is 45.8 Å². The summed E-state index contributed by atoms with van der Waals surface area (Å²) in [5.74, 6) is -0.339. The molecular weight excluding hydrogens is 388 g/mol. The molecule has 3 rings (SSSR count). The topological polar surface area (TPSA) is 85.6 Å². The normalized spacial score (nSPS) is 17.3. The van der Waals surface area contributed by atoms with Crippen LogP contribution in [0.2, 0.25) is 0 Å². The summed E-state index contributed by atoms with van der Waals surface area (Å²) in [4.78, 5) is 36.5. The van der Waals surface area contributed by atoms with Crippen LogP contribution in [0.3, 0.4) is 0 Å². The second-order valence-corrected chi connectivity index (χ2v) is 8.45. The van der Waals surface area contributed by atoms with Crippen molar-refractivity contribution in [1.29, 1.82) is 0 Å². The fourth-order valence-corrected chi connectivity index (χ4v) is 3.35. The Kier molecular flexibility index (Phi) is 6.33. The van der Waals surface area contributed by atoms with E-state index in [-0.39, 0.29) is 18.1 Å². The van der Waals surface area contributed by atoms with Crippen LogP contribution in [0.4, 0.5) is 4.79 Å². The van der Waals surface area contributed by atoms with E-state index in [0.29, 0.717) is 37.5 Å². The van der Waals surface area contributed by atoms with Crippen molar-refractivity contribution in [3.63, 3.8) is 0 Å². The highest BCUT2D eigenvalue weighted by Gasteiger charge is 2.31. The van der Waals surface area contributed by atoms with Gasteiger partial charge < -0.3 is 18.8 Å². The summed E-state index contributed by atoms with van der Waals surface area (Å²) >= 11 is 0. The number of hydrogen-bond donors (Lipinski definition) is 0. The van der Waals surface area contributed by atoms with Gasteiger partial charge in [-0.25, -0.2) is 14.8 Å². The molecule has 0 unspecified atom stereocenters. The Hall–Kier alpha value is -2.65. The summed E-state index contributed by atoms with van der Waals surface area (Å²) in [5.41, 5.74) is 2.19. The highest BCUT2D eigenvalue weighted by Crippen LogP contribution is 2.21. The monoisotopic (exact) mass is 418 g/mol. The van der Waals surface area contributed by atoms with E-state index in [4.69, 9.17) is 14.3 Å². The summed E-state index contributed by atoms with van der Waals surface area (Å²) in [6, 6.07) is 3.88. The number of hydroxylamine groups is 2. The van der Waals surface area contributed by atoms with Crippen LogP contribution in [0.1, 0.15) is 42.5 Å². The molecule has 2 aromatic rings. The molecule has 9 heteroatoms. The molecule has 1 aliphatic rings. The van der Waals surface area contributed by atoms with Crippen LogP contribution in [0.15, 0.2) is 18.3 Å². The maximum atomic E-state index is 12.8. The van der Waals surface area contributed by atoms with Gasteiger partial charge in [0, 0.05) is 26.2 Å². The predicted octanol–water partition coefficient (Wildman–Crippen LogP) is 2.45. The van der Waals surface area contributed by atoms with Crippen LogP contribution in [-0.2, 0) is 20.7 Å². The highest BCUT2D eigenvalue weighted by atomic mass is 16.7. The van der Waals surface area contributed by atoms with Crippen LogP contribution in [0.5, 0.6) is 0 Å². The highest BCUT2D eigenvalue weighted by molar-refractivity contribution is 5.93. The maximum Gasteiger partial charge on any atom is 0.410 e. The van der Waals surface area contributed by atoms with Gasteiger partial charge in [-0.3, -0.25) is 9.63 Å². The van der Waals surface area contributed by atoms with Crippen molar-refractivity contribution < 1.29 is 23.9 Å². The van der Waals surface area contributed by atoms with E-state index < -0.39 is 5.60 Å². The Labute approximate surface area is 176 Å². The van der Waals surface area contributed by atoms with Gasteiger partial charge >= 0.3 is 6.09 Å². The number of nitrogens with zero attached hydrogens (tertiary/aromatic N) is 4. The Bertz CT molecular complexity index is 933. The average Bonchev–Trinajstić information content (AvgIpc) is 3.03. The van der Waals surface area contributed by atoms with Crippen LogP contribution in [-0.4, -0.2) is 76.9 Å². The molecule has 0 spiro atoms. The van der Waals surface area contributed by atoms with Gasteiger partial charge in [-0.1, -0.05) is 0 Å². The minimum absolute atomic E-state index is 0.285. The third-order valence-electron chi connectivity index (χ3n) is 4.85. The van der Waals surface area contributed by atoms with Crippen LogP contribution in [0, 0.1) is 6.92 Å². The first-order chi connectivity index (χ1) is 14.1. The first-order valence-electron chi connectivity index (χ1n) is 9.98. The van der Waals surface area contributed by atoms with Gasteiger partial charge in [0.15, 0.2) is 5.69 Å². The molecule has 2 amide bonds. The zero-order valence-corrected chi connectivity index (χ0v) is 18.5. The Morgan fingerprint density at radius 2 is 2.10 bits per heavy atom. The standard InChI is InChI=1S/C21H30N4O5/c1-14-7-8-25-16(18(22-17(25)11-14)19(26)23(5)28-6)12-15-13-24(9-10-29-15)20(27)30-21(2,3)4/h7-8,11,15H,9-10,12-13H2,1-6H3/t15-/m0/s1. The lowest BCUT2D eigenvalue weighted by molar-refractivity contribution is -0.0762. The molecule has 0 bridgehead atoms. The molecule has 3 heterocycles. The molecule has 0 aliphatic carbocycles. The molecule has 1 fully saturated rings. The van der Waals surface area contributed by atoms with E-state index in [9.17, 15) is 9.59 Å². The minimum atomic E-state index is -0.561. The van der Waals surface area contributed by atoms with E-state index in [1.807, 2.05) is 50.4 Å². The molecular formula is C21H30N4O5. The van der Waals surface area contributed by atoms with E-state index in [1.54, 1.807) is 11.9 Å². The molecule has 2 aromatic heterocycles. The molecule has 1 saturated heterocycles. The quantitative estimate of drug-likeness (QED) is 0.709. The average molecular weight is 418 g/mol. The molecule has 1 atom stereocenters. The second-order valence-electron chi connectivity index (χ2n) is 8.45. The van der Waals surface area contributed by atoms with E-state index in [1.165, 1.54) is 7.11 Å². The fourth-order valence-electron chi connectivity index (χ4n) is 3.35. The number of imidazole rings is 1. The molecule has 1 aliphatic heterocycles. The number of rotatable bonds is 4. The smallest absolute Gasteiger partial charge is 0.410 e. The molecule has 9 nitrogen and oxygen atoms in total. The van der Waals surface area contributed by atoms with Gasteiger partial charge in [0.1, 0.15) is 11.2 Å². The van der Waals surface area contributed by atoms with Gasteiger partial charge in [0.05, 0.1) is 32.1 Å². The van der Waals surface area contributed by atoms with Crippen molar-refractivity contribution in [1.82, 2.24) is 19.3 Å². The lowest BCUT2D eigenvalue weighted by Gasteiger charge is -2.34. The maximum absolute atomic E-state index is 12.8. The summed E-state index contributed by atoms with van der Waals surface area (Å²) in [6.07, 6.45) is 1.67. The van der Waals surface area contributed by atoms with Gasteiger partial charge in [-0.05, 0) is 45.4 Å². The second kappa shape index (κ2) is 8.61. The van der Waals surface area contributed by atoms with Gasteiger partial charge in [-0.2, -0.15) is 0 Å². The SMILES string of the molecule is CON(C)C(=O)c1nc2cc(C)ccn2c1C[C@H]1CN(C(=O)OC(C)(C)C)CCO1. The van der Waals surface area contributed by atoms with E-state index in [2.05, 4.69) is 4.98 Å². The van der Waals surface area contributed by atoms with E-state index >= 15 is 0 Å². The number of pyridine rings is 1. The lowest BCUT2D eigenvalue weighted by atomic mass is 10.1. The van der Waals surface area contributed by atoms with Gasteiger partial charge in [-0.15, -0.1) is 0 Å². The first-order valence-corrected chi connectivity index (χ1v) is 9.98. The van der Waals surface area contributed by atoms with Gasteiger partial charge in [0.2, 0.25) is 0 Å². The summed E-state index contributed by atoms with van der Waals surface area (Å²) in [7, 11) is 2.98. The van der Waals surface area contributed by atoms with Crippen molar-refractivity contribution >= 4 is 17.6 Å². The third kappa shape index (κ3) is 4.91. The van der Waals surface area contributed by atoms with Crippen LogP contribution >= 0.6 is 0 Å². The number of carbonyl (C=O) groups is 2. The van der Waals surface area contributed by atoms with Crippen molar-refractivity contribution in [3.05, 3.63) is 35.3 Å². The number of amides is 2. The molecule has 0 N–H and O–H groups in total. The minimum Gasteiger partial charge on any atom is -0.444 e. The lowest BCUT2D eigenvalue weighted by Crippen LogP contribution is -2.48. The number of carbonyl (C=O) groups excluding carboxylic acids is 2. The molecule has 0 aromatic carbocycles. The Morgan fingerprint density at radius 1 is 1.37 bits per heavy atom. The molecule has 0 radical (unpaired) electrons. The molecule has 0 saturated carbocycles. The van der Waals surface area contributed by atoms with Crippen LogP contribution in [0.25, 0.3) is 5.65 Å². The molecule has 30 heavy (non-hydrogen) atoms. The molecule has 164 valence electrons. The van der Waals surface area contributed by atoms with Crippen molar-refractivity contribution in [2.24, 2.45) is 0 Å². The summed E-state index contributed by atoms with van der Waals surface area (Å²) in [5, 5.41) is 1.15. The Balaban J connectivity index is 1.87. The number of hydrogen-bond acceptors (Lipinski definition) is 6. The number of fused-ring (bicyclic) bond motifs is 1. The third-order valence-corrected chi connectivity index (χ3v) is 4.85. The zero-order valence-electron chi connectivity index (χ0n) is 18.5. The fraction of sp³-hybridized carbons (Fsp3) is 0.571. The Morgan fingerprint density at radius 3 is 2.77 bits per heavy atom.